The van der Waals surface area contributed by atoms with E-state index in [1.807, 2.05) is 25.1 Å². The van der Waals surface area contributed by atoms with Crippen molar-refractivity contribution in [1.82, 2.24) is 19.6 Å². The van der Waals surface area contributed by atoms with Gasteiger partial charge in [-0.15, -0.1) is 5.10 Å². The first-order valence-corrected chi connectivity index (χ1v) is 10.4. The summed E-state index contributed by atoms with van der Waals surface area (Å²) >= 11 is 0. The molecule has 0 saturated carbocycles. The summed E-state index contributed by atoms with van der Waals surface area (Å²) in [6, 6.07) is 10.3. The van der Waals surface area contributed by atoms with Gasteiger partial charge in [-0.05, 0) is 54.8 Å². The molecule has 0 amide bonds. The molecule has 0 saturated heterocycles. The van der Waals surface area contributed by atoms with E-state index in [4.69, 9.17) is 4.74 Å². The quantitative estimate of drug-likeness (QED) is 0.495. The number of rotatable bonds is 3. The number of halogens is 1. The maximum Gasteiger partial charge on any atom is 0.274 e. The van der Waals surface area contributed by atoms with Crippen LogP contribution in [0.2, 0.25) is 0 Å². The Morgan fingerprint density at radius 3 is 2.72 bits per heavy atom. The molecule has 1 aromatic carbocycles. The molecule has 8 heteroatoms. The second-order valence-electron chi connectivity index (χ2n) is 8.01. The molecule has 5 rings (SSSR count). The highest BCUT2D eigenvalue weighted by atomic mass is 19.1. The number of fused-ring (bicyclic) bond motifs is 2. The largest absolute Gasteiger partial charge is 0.494 e. The van der Waals surface area contributed by atoms with Crippen LogP contribution in [0.4, 0.5) is 10.2 Å². The molecule has 0 bridgehead atoms. The van der Waals surface area contributed by atoms with Crippen molar-refractivity contribution in [2.75, 3.05) is 18.6 Å². The van der Waals surface area contributed by atoms with Gasteiger partial charge in [0.1, 0.15) is 0 Å². The van der Waals surface area contributed by atoms with Gasteiger partial charge in [0, 0.05) is 48.7 Å². The summed E-state index contributed by atoms with van der Waals surface area (Å²) < 4.78 is 20.6. The molecule has 0 N–H and O–H groups in total. The van der Waals surface area contributed by atoms with Crippen LogP contribution in [0, 0.1) is 19.7 Å². The molecule has 4 aromatic rings. The summed E-state index contributed by atoms with van der Waals surface area (Å²) in [6.45, 7) is 5.11. The van der Waals surface area contributed by atoms with Gasteiger partial charge in [-0.2, -0.15) is 4.52 Å². The number of ether oxygens (including phenoxy) is 1. The van der Waals surface area contributed by atoms with Gasteiger partial charge in [0.05, 0.1) is 7.11 Å². The van der Waals surface area contributed by atoms with Crippen LogP contribution in [0.3, 0.4) is 0 Å². The summed E-state index contributed by atoms with van der Waals surface area (Å²) in [5.41, 5.74) is 5.62. The predicted molar refractivity (Wildman–Crippen MR) is 120 cm³/mol. The van der Waals surface area contributed by atoms with Gasteiger partial charge < -0.3 is 9.64 Å². The van der Waals surface area contributed by atoms with E-state index < -0.39 is 5.82 Å². The summed E-state index contributed by atoms with van der Waals surface area (Å²) in [5, 5.41) is 4.61. The number of hydrogen-bond donors (Lipinski definition) is 0. The van der Waals surface area contributed by atoms with E-state index in [2.05, 4.69) is 20.0 Å². The third kappa shape index (κ3) is 3.47. The zero-order chi connectivity index (χ0) is 22.4. The maximum atomic E-state index is 14.2. The Hall–Kier alpha value is -3.81. The molecule has 32 heavy (non-hydrogen) atoms. The summed E-state index contributed by atoms with van der Waals surface area (Å²) in [7, 11) is 1.45. The van der Waals surface area contributed by atoms with Gasteiger partial charge in [0.25, 0.3) is 5.56 Å². The topological polar surface area (TPSA) is 72.6 Å². The van der Waals surface area contributed by atoms with Crippen molar-refractivity contribution in [1.29, 1.82) is 0 Å². The van der Waals surface area contributed by atoms with Crippen LogP contribution in [-0.2, 0) is 13.0 Å². The van der Waals surface area contributed by atoms with Crippen LogP contribution < -0.4 is 15.2 Å². The van der Waals surface area contributed by atoms with E-state index >= 15 is 0 Å². The molecule has 7 nitrogen and oxygen atoms in total. The molecule has 0 aliphatic carbocycles. The lowest BCUT2D eigenvalue weighted by atomic mass is 10.00. The fraction of sp³-hybridized carbons (Fsp3) is 0.250. The first kappa shape index (κ1) is 20.1. The average Bonchev–Trinajstić information content (AvgIpc) is 2.77. The van der Waals surface area contributed by atoms with Crippen molar-refractivity contribution in [3.63, 3.8) is 0 Å². The number of nitrogens with zero attached hydrogens (tertiary/aromatic N) is 5. The van der Waals surface area contributed by atoms with Crippen LogP contribution in [0.25, 0.3) is 16.8 Å². The highest BCUT2D eigenvalue weighted by molar-refractivity contribution is 5.65. The van der Waals surface area contributed by atoms with Gasteiger partial charge in [0.2, 0.25) is 0 Å². The lowest BCUT2D eigenvalue weighted by Crippen LogP contribution is -2.33. The lowest BCUT2D eigenvalue weighted by Gasteiger charge is -2.30. The van der Waals surface area contributed by atoms with Gasteiger partial charge in [-0.1, -0.05) is 6.07 Å². The number of hydrogen-bond acceptors (Lipinski definition) is 6. The van der Waals surface area contributed by atoms with Crippen molar-refractivity contribution in [3.8, 4) is 16.9 Å². The number of pyridine rings is 1. The lowest BCUT2D eigenvalue weighted by molar-refractivity contribution is 0.386. The molecular formula is C24H22FN5O2. The number of aryl methyl sites for hydroxylation is 2. The SMILES string of the molecule is COc1ccc(-c2cnc3c(c2)CN(c2nn4c(=O)cc(C)nc4cc2C)CC3)cc1F. The Kier molecular flexibility index (Phi) is 4.84. The molecule has 162 valence electrons. The number of aromatic nitrogens is 4. The Balaban J connectivity index is 1.51. The van der Waals surface area contributed by atoms with Crippen molar-refractivity contribution in [2.45, 2.75) is 26.8 Å². The van der Waals surface area contributed by atoms with E-state index in [9.17, 15) is 9.18 Å². The standard InChI is InChI=1S/C24H22FN5O2/c1-14-8-22-27-15(2)9-23(31)30(22)28-24(14)29-7-6-20-18(13-29)10-17(12-26-20)16-4-5-21(32-3)19(25)11-16/h4-5,8-12H,6-7,13H2,1-3H3. The Bertz CT molecular complexity index is 1420. The molecule has 0 radical (unpaired) electrons. The molecule has 1 aliphatic heterocycles. The van der Waals surface area contributed by atoms with E-state index in [1.54, 1.807) is 19.2 Å². The zero-order valence-electron chi connectivity index (χ0n) is 18.1. The molecule has 0 fully saturated rings. The summed E-state index contributed by atoms with van der Waals surface area (Å²) in [5.74, 6) is 0.551. The minimum atomic E-state index is -0.408. The smallest absolute Gasteiger partial charge is 0.274 e. The summed E-state index contributed by atoms with van der Waals surface area (Å²) in [4.78, 5) is 23.6. The molecule has 0 unspecified atom stereocenters. The Labute approximate surface area is 184 Å². The van der Waals surface area contributed by atoms with E-state index in [-0.39, 0.29) is 11.3 Å². The second-order valence-corrected chi connectivity index (χ2v) is 8.01. The van der Waals surface area contributed by atoms with Crippen LogP contribution in [-0.4, -0.2) is 33.2 Å². The van der Waals surface area contributed by atoms with Gasteiger partial charge in [0.15, 0.2) is 23.0 Å². The molecule has 4 heterocycles. The highest BCUT2D eigenvalue weighted by Crippen LogP contribution is 2.30. The Morgan fingerprint density at radius 2 is 1.94 bits per heavy atom. The van der Waals surface area contributed by atoms with E-state index in [1.165, 1.54) is 23.8 Å². The van der Waals surface area contributed by atoms with Crippen LogP contribution in [0.15, 0.2) is 47.4 Å². The summed E-state index contributed by atoms with van der Waals surface area (Å²) in [6.07, 6.45) is 2.54. The van der Waals surface area contributed by atoms with Crippen molar-refractivity contribution in [2.24, 2.45) is 0 Å². The normalized spacial score (nSPS) is 13.3. The second kappa shape index (κ2) is 7.71. The first-order chi connectivity index (χ1) is 15.4. The third-order valence-corrected chi connectivity index (χ3v) is 5.77. The molecule has 0 atom stereocenters. The average molecular weight is 431 g/mol. The van der Waals surface area contributed by atoms with E-state index in [0.717, 1.165) is 46.7 Å². The monoisotopic (exact) mass is 431 g/mol. The van der Waals surface area contributed by atoms with Crippen LogP contribution in [0.5, 0.6) is 5.75 Å². The Morgan fingerprint density at radius 1 is 1.09 bits per heavy atom. The number of methoxy groups -OCH3 is 1. The van der Waals surface area contributed by atoms with Crippen molar-refractivity contribution >= 4 is 11.5 Å². The van der Waals surface area contributed by atoms with Gasteiger partial charge in [-0.25, -0.2) is 9.37 Å². The fourth-order valence-electron chi connectivity index (χ4n) is 4.16. The van der Waals surface area contributed by atoms with Crippen molar-refractivity contribution < 1.29 is 9.13 Å². The van der Waals surface area contributed by atoms with Crippen LogP contribution >= 0.6 is 0 Å². The fourth-order valence-corrected chi connectivity index (χ4v) is 4.16. The number of anilines is 1. The minimum Gasteiger partial charge on any atom is -0.494 e. The molecule has 0 spiro atoms. The maximum absolute atomic E-state index is 14.2. The minimum absolute atomic E-state index is 0.198. The van der Waals surface area contributed by atoms with Crippen molar-refractivity contribution in [3.05, 3.63) is 81.3 Å². The number of benzene rings is 1. The van der Waals surface area contributed by atoms with Gasteiger partial charge >= 0.3 is 0 Å². The van der Waals surface area contributed by atoms with E-state index in [0.29, 0.717) is 17.9 Å². The van der Waals surface area contributed by atoms with Crippen LogP contribution in [0.1, 0.15) is 22.5 Å². The van der Waals surface area contributed by atoms with Gasteiger partial charge in [-0.3, -0.25) is 9.78 Å². The zero-order valence-corrected chi connectivity index (χ0v) is 18.1. The first-order valence-electron chi connectivity index (χ1n) is 10.4. The molecule has 3 aromatic heterocycles. The third-order valence-electron chi connectivity index (χ3n) is 5.77. The molecule has 1 aliphatic rings. The predicted octanol–water partition coefficient (Wildman–Crippen LogP) is 3.48. The highest BCUT2D eigenvalue weighted by Gasteiger charge is 2.22. The molecular weight excluding hydrogens is 409 g/mol.